The molecule has 1 atom stereocenters. The molecule has 0 aliphatic carbocycles. The Morgan fingerprint density at radius 2 is 2.36 bits per heavy atom. The molecule has 1 unspecified atom stereocenters. The molecule has 0 aromatic carbocycles. The van der Waals surface area contributed by atoms with Gasteiger partial charge in [-0.15, -0.1) is 0 Å². The zero-order valence-corrected chi connectivity index (χ0v) is 6.99. The number of carbonyl (C=O) groups excluding carboxylic acids is 1. The van der Waals surface area contributed by atoms with Gasteiger partial charge in [-0.2, -0.15) is 0 Å². The lowest BCUT2D eigenvalue weighted by Gasteiger charge is -2.37. The lowest BCUT2D eigenvalue weighted by Crippen LogP contribution is -2.50. The summed E-state index contributed by atoms with van der Waals surface area (Å²) in [6.07, 6.45) is 1.74. The van der Waals surface area contributed by atoms with E-state index in [4.69, 9.17) is 0 Å². The summed E-state index contributed by atoms with van der Waals surface area (Å²) < 4.78 is 0. The van der Waals surface area contributed by atoms with E-state index in [1.165, 1.54) is 0 Å². The van der Waals surface area contributed by atoms with Crippen LogP contribution in [0.1, 0.15) is 6.42 Å². The highest BCUT2D eigenvalue weighted by molar-refractivity contribution is 5.48. The molecule has 1 radical (unpaired) electrons. The van der Waals surface area contributed by atoms with Gasteiger partial charge in [-0.25, -0.2) is 0 Å². The number of amides is 1. The van der Waals surface area contributed by atoms with Gasteiger partial charge >= 0.3 is 0 Å². The molecule has 0 spiro atoms. The van der Waals surface area contributed by atoms with Crippen molar-refractivity contribution in [3.8, 4) is 0 Å². The van der Waals surface area contributed by atoms with Gasteiger partial charge in [0.25, 0.3) is 0 Å². The number of hydrogen-bond donors (Lipinski definition) is 0. The summed E-state index contributed by atoms with van der Waals surface area (Å²) in [5.41, 5.74) is 0. The van der Waals surface area contributed by atoms with Crippen molar-refractivity contribution in [1.29, 1.82) is 0 Å². The molecular formula is C8H15N2O. The van der Waals surface area contributed by atoms with Gasteiger partial charge in [0.05, 0.1) is 0 Å². The molecule has 1 aliphatic heterocycles. The first kappa shape index (κ1) is 8.53. The van der Waals surface area contributed by atoms with Crippen molar-refractivity contribution in [3.63, 3.8) is 0 Å². The van der Waals surface area contributed by atoms with Crippen LogP contribution in [0.25, 0.3) is 0 Å². The summed E-state index contributed by atoms with van der Waals surface area (Å²) in [7, 11) is 2.07. The fourth-order valence-corrected chi connectivity index (χ4v) is 1.42. The quantitative estimate of drug-likeness (QED) is 0.523. The van der Waals surface area contributed by atoms with Gasteiger partial charge in [-0.3, -0.25) is 4.79 Å². The minimum absolute atomic E-state index is 0.325. The molecule has 3 heteroatoms. The van der Waals surface area contributed by atoms with Crippen LogP contribution in [0.2, 0.25) is 0 Å². The van der Waals surface area contributed by atoms with E-state index >= 15 is 0 Å². The summed E-state index contributed by atoms with van der Waals surface area (Å²) in [5.74, 6) is 0. The molecule has 0 aromatic rings. The van der Waals surface area contributed by atoms with Crippen molar-refractivity contribution >= 4 is 6.41 Å². The van der Waals surface area contributed by atoms with Crippen LogP contribution in [0.15, 0.2) is 0 Å². The molecule has 63 valence electrons. The van der Waals surface area contributed by atoms with Gasteiger partial charge in [0.2, 0.25) is 6.41 Å². The summed E-state index contributed by atoms with van der Waals surface area (Å²) in [6.45, 7) is 6.60. The van der Waals surface area contributed by atoms with E-state index in [1.54, 1.807) is 0 Å². The first-order chi connectivity index (χ1) is 5.27. The van der Waals surface area contributed by atoms with Crippen LogP contribution in [-0.4, -0.2) is 48.9 Å². The Hall–Kier alpha value is -0.570. The molecule has 0 bridgehead atoms. The van der Waals surface area contributed by atoms with Gasteiger partial charge in [0.15, 0.2) is 0 Å². The van der Waals surface area contributed by atoms with Gasteiger partial charge in [0, 0.05) is 25.7 Å². The molecule has 0 saturated carbocycles. The number of rotatable bonds is 2. The Labute approximate surface area is 68.0 Å². The van der Waals surface area contributed by atoms with Crippen molar-refractivity contribution in [2.45, 2.75) is 12.5 Å². The molecule has 1 fully saturated rings. The Bertz CT molecular complexity index is 138. The number of piperazine rings is 1. The highest BCUT2D eigenvalue weighted by atomic mass is 16.1. The number of nitrogens with zero attached hydrogens (tertiary/aromatic N) is 2. The first-order valence-electron chi connectivity index (χ1n) is 3.96. The zero-order valence-electron chi connectivity index (χ0n) is 6.99. The van der Waals surface area contributed by atoms with Crippen molar-refractivity contribution in [1.82, 2.24) is 9.80 Å². The van der Waals surface area contributed by atoms with E-state index in [9.17, 15) is 4.79 Å². The second kappa shape index (κ2) is 3.72. The molecule has 1 amide bonds. The van der Waals surface area contributed by atoms with Crippen molar-refractivity contribution in [3.05, 3.63) is 6.92 Å². The molecular weight excluding hydrogens is 140 g/mol. The van der Waals surface area contributed by atoms with E-state index in [2.05, 4.69) is 18.9 Å². The maximum Gasteiger partial charge on any atom is 0.210 e. The average molecular weight is 155 g/mol. The summed E-state index contributed by atoms with van der Waals surface area (Å²) in [4.78, 5) is 14.6. The fraction of sp³-hybridized carbons (Fsp3) is 0.750. The molecule has 0 N–H and O–H groups in total. The van der Waals surface area contributed by atoms with Crippen LogP contribution >= 0.6 is 0 Å². The molecule has 1 heterocycles. The van der Waals surface area contributed by atoms with Crippen molar-refractivity contribution in [2.75, 3.05) is 26.7 Å². The first-order valence-corrected chi connectivity index (χ1v) is 3.96. The number of carbonyl (C=O) groups is 1. The van der Waals surface area contributed by atoms with Crippen LogP contribution in [0.3, 0.4) is 0 Å². The van der Waals surface area contributed by atoms with Gasteiger partial charge in [0.1, 0.15) is 0 Å². The topological polar surface area (TPSA) is 23.6 Å². The second-order valence-electron chi connectivity index (χ2n) is 3.05. The van der Waals surface area contributed by atoms with Gasteiger partial charge in [-0.1, -0.05) is 6.92 Å². The second-order valence-corrected chi connectivity index (χ2v) is 3.05. The Morgan fingerprint density at radius 3 is 2.91 bits per heavy atom. The third-order valence-electron chi connectivity index (χ3n) is 2.20. The molecule has 3 nitrogen and oxygen atoms in total. The molecule has 1 aliphatic rings. The number of hydrogen-bond acceptors (Lipinski definition) is 2. The highest BCUT2D eigenvalue weighted by Crippen LogP contribution is 2.08. The average Bonchev–Trinajstić information content (AvgIpc) is 2.04. The number of likely N-dealkylation sites (N-methyl/N-ethyl adjacent to an activating group) is 1. The maximum absolute atomic E-state index is 10.5. The molecule has 0 aromatic heterocycles. The third kappa shape index (κ3) is 1.93. The molecule has 11 heavy (non-hydrogen) atoms. The fourth-order valence-electron chi connectivity index (χ4n) is 1.42. The SMILES string of the molecule is [CH2]CC1CN(C)CCN1C=O. The summed E-state index contributed by atoms with van der Waals surface area (Å²) >= 11 is 0. The van der Waals surface area contributed by atoms with E-state index in [0.717, 1.165) is 32.5 Å². The van der Waals surface area contributed by atoms with E-state index < -0.39 is 0 Å². The molecule has 1 saturated heterocycles. The minimum atomic E-state index is 0.325. The Morgan fingerprint density at radius 1 is 1.64 bits per heavy atom. The zero-order chi connectivity index (χ0) is 8.27. The van der Waals surface area contributed by atoms with Crippen molar-refractivity contribution < 1.29 is 4.79 Å². The van der Waals surface area contributed by atoms with Crippen LogP contribution < -0.4 is 0 Å². The van der Waals surface area contributed by atoms with Crippen molar-refractivity contribution in [2.24, 2.45) is 0 Å². The van der Waals surface area contributed by atoms with Crippen LogP contribution in [0.5, 0.6) is 0 Å². The van der Waals surface area contributed by atoms with Crippen LogP contribution in [0, 0.1) is 6.92 Å². The van der Waals surface area contributed by atoms with E-state index in [1.807, 2.05) is 4.90 Å². The Kier molecular flexibility index (Phi) is 2.88. The standard InChI is InChI=1S/C8H15N2O/c1-3-8-6-9(2)4-5-10(8)7-11/h7-8H,1,3-6H2,2H3. The van der Waals surface area contributed by atoms with Gasteiger partial charge in [-0.05, 0) is 13.5 Å². The monoisotopic (exact) mass is 155 g/mol. The van der Waals surface area contributed by atoms with Crippen LogP contribution in [-0.2, 0) is 4.79 Å². The highest BCUT2D eigenvalue weighted by Gasteiger charge is 2.21. The predicted molar refractivity (Wildman–Crippen MR) is 44.0 cm³/mol. The smallest absolute Gasteiger partial charge is 0.210 e. The Balaban J connectivity index is 2.47. The lowest BCUT2D eigenvalue weighted by atomic mass is 10.1. The van der Waals surface area contributed by atoms with Crippen LogP contribution in [0.4, 0.5) is 0 Å². The normalized spacial score (nSPS) is 27.1. The third-order valence-corrected chi connectivity index (χ3v) is 2.20. The largest absolute Gasteiger partial charge is 0.340 e. The summed E-state index contributed by atoms with van der Waals surface area (Å²) in [5, 5.41) is 0. The summed E-state index contributed by atoms with van der Waals surface area (Å²) in [6, 6.07) is 0.325. The predicted octanol–water partition coefficient (Wildman–Crippen LogP) is -0.0170. The maximum atomic E-state index is 10.5. The lowest BCUT2D eigenvalue weighted by molar-refractivity contribution is -0.122. The van der Waals surface area contributed by atoms with E-state index in [0.29, 0.717) is 6.04 Å². The van der Waals surface area contributed by atoms with E-state index in [-0.39, 0.29) is 0 Å². The minimum Gasteiger partial charge on any atom is -0.340 e. The van der Waals surface area contributed by atoms with Gasteiger partial charge < -0.3 is 9.80 Å². The molecule has 1 rings (SSSR count).